The van der Waals surface area contributed by atoms with Gasteiger partial charge in [0.1, 0.15) is 0 Å². The zero-order chi connectivity index (χ0) is 31.4. The molecule has 0 radical (unpaired) electrons. The van der Waals surface area contributed by atoms with Crippen molar-refractivity contribution < 1.29 is 9.59 Å². The minimum atomic E-state index is -0.432. The molecule has 4 aromatic rings. The number of nitrogens with one attached hydrogen (secondary N) is 3. The number of allylic oxidation sites excluding steroid dienone is 1. The Hall–Kier alpha value is -4.76. The molecule has 232 valence electrons. The van der Waals surface area contributed by atoms with Crippen LogP contribution < -0.4 is 11.0 Å². The summed E-state index contributed by atoms with van der Waals surface area (Å²) in [5.41, 5.74) is 6.95. The molecule has 0 aliphatic carbocycles. The minimum Gasteiger partial charge on any atom is -0.350 e. The second kappa shape index (κ2) is 13.1. The van der Waals surface area contributed by atoms with Crippen LogP contribution in [0.25, 0.3) is 11.0 Å². The number of aromatic amines is 2. The van der Waals surface area contributed by atoms with Crippen LogP contribution in [0.1, 0.15) is 55.7 Å². The molecule has 1 saturated heterocycles. The molecule has 0 spiro atoms. The number of piperidine rings is 1. The van der Waals surface area contributed by atoms with Crippen molar-refractivity contribution in [2.75, 3.05) is 26.2 Å². The molecule has 2 unspecified atom stereocenters. The van der Waals surface area contributed by atoms with Crippen LogP contribution in [-0.2, 0) is 15.0 Å². The summed E-state index contributed by atoms with van der Waals surface area (Å²) in [5.74, 6) is -0.354. The Morgan fingerprint density at radius 1 is 0.933 bits per heavy atom. The molecule has 9 nitrogen and oxygen atoms in total. The Balaban J connectivity index is 1.19. The van der Waals surface area contributed by atoms with Crippen LogP contribution in [0.2, 0.25) is 0 Å². The Bertz CT molecular complexity index is 1730. The molecule has 1 aromatic heterocycles. The van der Waals surface area contributed by atoms with Crippen LogP contribution >= 0.6 is 0 Å². The van der Waals surface area contributed by atoms with Crippen LogP contribution in [0, 0.1) is 0 Å². The lowest BCUT2D eigenvalue weighted by Gasteiger charge is -2.43. The first-order valence-electron chi connectivity index (χ1n) is 15.7. The smallest absolute Gasteiger partial charge is 0.323 e. The van der Waals surface area contributed by atoms with Gasteiger partial charge >= 0.3 is 5.69 Å². The molecule has 0 bridgehead atoms. The minimum absolute atomic E-state index is 0.00754. The number of likely N-dealkylation sites (tertiary alicyclic amines) is 1. The highest BCUT2D eigenvalue weighted by molar-refractivity contribution is 5.93. The fourth-order valence-corrected chi connectivity index (χ4v) is 7.40. The quantitative estimate of drug-likeness (QED) is 0.216. The molecule has 1 fully saturated rings. The molecule has 2 aliphatic rings. The summed E-state index contributed by atoms with van der Waals surface area (Å²) in [6, 6.07) is 27.0. The first kappa shape index (κ1) is 30.3. The number of aliphatic imine (C=N–C) groups is 1. The van der Waals surface area contributed by atoms with Gasteiger partial charge in [0.25, 0.3) is 0 Å². The molecule has 0 saturated carbocycles. The van der Waals surface area contributed by atoms with Crippen molar-refractivity contribution in [2.24, 2.45) is 4.99 Å². The number of nitrogens with zero attached hydrogens (tertiary/aromatic N) is 3. The summed E-state index contributed by atoms with van der Waals surface area (Å²) in [6.07, 6.45) is 4.41. The highest BCUT2D eigenvalue weighted by atomic mass is 16.1. The largest absolute Gasteiger partial charge is 0.350 e. The van der Waals surface area contributed by atoms with E-state index in [4.69, 9.17) is 4.99 Å². The van der Waals surface area contributed by atoms with Crippen LogP contribution in [0.5, 0.6) is 0 Å². The summed E-state index contributed by atoms with van der Waals surface area (Å²) < 4.78 is 0. The van der Waals surface area contributed by atoms with E-state index < -0.39 is 6.04 Å². The van der Waals surface area contributed by atoms with Gasteiger partial charge in [-0.1, -0.05) is 66.7 Å². The number of rotatable bonds is 11. The monoisotopic (exact) mass is 604 g/mol. The summed E-state index contributed by atoms with van der Waals surface area (Å²) in [4.78, 5) is 50.9. The van der Waals surface area contributed by atoms with Gasteiger partial charge in [0.05, 0.1) is 34.4 Å². The summed E-state index contributed by atoms with van der Waals surface area (Å²) in [5, 5.41) is 2.93. The third-order valence-corrected chi connectivity index (χ3v) is 9.61. The van der Waals surface area contributed by atoms with Crippen molar-refractivity contribution in [3.8, 4) is 0 Å². The average Bonchev–Trinajstić information content (AvgIpc) is 3.45. The first-order chi connectivity index (χ1) is 21.9. The van der Waals surface area contributed by atoms with E-state index >= 15 is 0 Å². The third kappa shape index (κ3) is 6.00. The molecule has 45 heavy (non-hydrogen) atoms. The molecular formula is C36H40N6O3. The standard InChI is InChI=1S/C36H40N6O3/c1-25-33(37-23-43)32(27-14-15-30-31(22-27)40-35(45)39-30)34(26(2)38-25)42(24-44)19-9-18-41-20-16-36(17-21-41,28-10-5-3-6-11-28)29-12-7-4-8-13-29/h3-8,10-15,22-24,32-33H,9,16-21H2,1-2H3,(H,37,43)(H2,39,40,45). The van der Waals surface area contributed by atoms with Gasteiger partial charge in [-0.25, -0.2) is 4.79 Å². The van der Waals surface area contributed by atoms with Crippen LogP contribution in [0.4, 0.5) is 0 Å². The maximum Gasteiger partial charge on any atom is 0.323 e. The number of carbonyl (C=O) groups excluding carboxylic acids is 2. The molecule has 3 aromatic carbocycles. The average molecular weight is 605 g/mol. The normalized spacial score (nSPS) is 20.1. The SMILES string of the molecule is CC1=NC(C)=C(N(C=O)CCCN2CCC(c3ccccc3)(c3ccccc3)CC2)C(c2ccc3[nH]c(=O)[nH]c3c2)C1NC=O. The van der Waals surface area contributed by atoms with E-state index in [1.54, 1.807) is 4.90 Å². The number of imidazole rings is 1. The number of aromatic nitrogens is 2. The van der Waals surface area contributed by atoms with E-state index in [1.165, 1.54) is 11.1 Å². The van der Waals surface area contributed by atoms with Gasteiger partial charge in [0.15, 0.2) is 0 Å². The zero-order valence-electron chi connectivity index (χ0n) is 25.8. The van der Waals surface area contributed by atoms with Crippen molar-refractivity contribution in [2.45, 2.75) is 50.5 Å². The van der Waals surface area contributed by atoms with Crippen molar-refractivity contribution in [3.05, 3.63) is 117 Å². The predicted octanol–water partition coefficient (Wildman–Crippen LogP) is 4.69. The Kier molecular flexibility index (Phi) is 8.80. The van der Waals surface area contributed by atoms with Crippen LogP contribution in [-0.4, -0.2) is 70.5 Å². The summed E-state index contributed by atoms with van der Waals surface area (Å²) in [6.45, 7) is 7.14. The number of hydrogen-bond donors (Lipinski definition) is 3. The molecule has 9 heteroatoms. The van der Waals surface area contributed by atoms with Gasteiger partial charge in [-0.15, -0.1) is 0 Å². The fraction of sp³-hybridized carbons (Fsp3) is 0.333. The summed E-state index contributed by atoms with van der Waals surface area (Å²) in [7, 11) is 0. The highest BCUT2D eigenvalue weighted by Crippen LogP contribution is 2.42. The molecule has 3 N–H and O–H groups in total. The molecular weight excluding hydrogens is 564 g/mol. The van der Waals surface area contributed by atoms with Gasteiger partial charge < -0.3 is 25.1 Å². The Morgan fingerprint density at radius 3 is 2.20 bits per heavy atom. The van der Waals surface area contributed by atoms with Crippen molar-refractivity contribution >= 4 is 29.6 Å². The van der Waals surface area contributed by atoms with Gasteiger partial charge in [0, 0.05) is 17.7 Å². The molecule has 2 atom stereocenters. The second-order valence-corrected chi connectivity index (χ2v) is 12.2. The highest BCUT2D eigenvalue weighted by Gasteiger charge is 2.38. The van der Waals surface area contributed by atoms with Crippen LogP contribution in [0.15, 0.2) is 100 Å². The topological polar surface area (TPSA) is 114 Å². The molecule has 2 amide bonds. The molecule has 3 heterocycles. The summed E-state index contributed by atoms with van der Waals surface area (Å²) >= 11 is 0. The zero-order valence-corrected chi connectivity index (χ0v) is 25.8. The van der Waals surface area contributed by atoms with Gasteiger partial charge in [-0.2, -0.15) is 0 Å². The van der Waals surface area contributed by atoms with Gasteiger partial charge in [-0.3, -0.25) is 14.6 Å². The lowest BCUT2D eigenvalue weighted by atomic mass is 9.68. The number of benzene rings is 3. The van der Waals surface area contributed by atoms with E-state index in [-0.39, 0.29) is 17.0 Å². The Morgan fingerprint density at radius 2 is 1.58 bits per heavy atom. The maximum atomic E-state index is 12.7. The molecule has 2 aliphatic heterocycles. The van der Waals surface area contributed by atoms with E-state index in [1.807, 2.05) is 32.0 Å². The van der Waals surface area contributed by atoms with Crippen molar-refractivity contribution in [3.63, 3.8) is 0 Å². The van der Waals surface area contributed by atoms with Gasteiger partial charge in [0.2, 0.25) is 12.8 Å². The van der Waals surface area contributed by atoms with Crippen molar-refractivity contribution in [1.29, 1.82) is 0 Å². The number of amides is 2. The number of H-pyrrole nitrogens is 2. The molecule has 6 rings (SSSR count). The Labute approximate surface area is 263 Å². The van der Waals surface area contributed by atoms with Crippen LogP contribution in [0.3, 0.4) is 0 Å². The van der Waals surface area contributed by atoms with E-state index in [9.17, 15) is 14.4 Å². The first-order valence-corrected chi connectivity index (χ1v) is 15.7. The third-order valence-electron chi connectivity index (χ3n) is 9.61. The van der Waals surface area contributed by atoms with E-state index in [2.05, 4.69) is 80.8 Å². The number of fused-ring (bicyclic) bond motifs is 1. The predicted molar refractivity (Wildman–Crippen MR) is 177 cm³/mol. The second-order valence-electron chi connectivity index (χ2n) is 12.2. The fourth-order valence-electron chi connectivity index (χ4n) is 7.40. The van der Waals surface area contributed by atoms with E-state index in [0.717, 1.165) is 68.0 Å². The lowest BCUT2D eigenvalue weighted by Crippen LogP contribution is -2.46. The van der Waals surface area contributed by atoms with Crippen molar-refractivity contribution in [1.82, 2.24) is 25.1 Å². The van der Waals surface area contributed by atoms with E-state index in [0.29, 0.717) is 24.0 Å². The number of carbonyl (C=O) groups is 2. The number of hydrogen-bond acceptors (Lipinski definition) is 5. The van der Waals surface area contributed by atoms with Gasteiger partial charge in [-0.05, 0) is 81.6 Å². The lowest BCUT2D eigenvalue weighted by molar-refractivity contribution is -0.116. The maximum absolute atomic E-state index is 12.7.